The Bertz CT molecular complexity index is 475. The first-order chi connectivity index (χ1) is 7.33. The van der Waals surface area contributed by atoms with Gasteiger partial charge in [-0.25, -0.2) is 0 Å². The van der Waals surface area contributed by atoms with Crippen LogP contribution >= 0.6 is 0 Å². The summed E-state index contributed by atoms with van der Waals surface area (Å²) in [4.78, 5) is 13.9. The minimum absolute atomic E-state index is 0.763. The van der Waals surface area contributed by atoms with Gasteiger partial charge in [0.25, 0.3) is 0 Å². The van der Waals surface area contributed by atoms with Crippen LogP contribution in [0.4, 0.5) is 0 Å². The van der Waals surface area contributed by atoms with Crippen LogP contribution in [0.25, 0.3) is 17.0 Å². The highest BCUT2D eigenvalue weighted by atomic mass is 16.1. The van der Waals surface area contributed by atoms with E-state index in [2.05, 4.69) is 17.1 Å². The maximum atomic E-state index is 10.7. The van der Waals surface area contributed by atoms with E-state index in [-0.39, 0.29) is 0 Å². The predicted octanol–water partition coefficient (Wildman–Crippen LogP) is 3.16. The molecule has 2 rings (SSSR count). The molecule has 2 heteroatoms. The van der Waals surface area contributed by atoms with Crippen molar-refractivity contribution in [1.29, 1.82) is 0 Å². The van der Waals surface area contributed by atoms with Crippen LogP contribution in [0.2, 0.25) is 0 Å². The number of nitrogens with one attached hydrogen (secondary N) is 1. The van der Waals surface area contributed by atoms with Gasteiger partial charge in [0.05, 0.1) is 0 Å². The van der Waals surface area contributed by atoms with Gasteiger partial charge in [0.1, 0.15) is 6.29 Å². The minimum Gasteiger partial charge on any atom is -0.355 e. The van der Waals surface area contributed by atoms with E-state index >= 15 is 0 Å². The largest absolute Gasteiger partial charge is 0.355 e. The van der Waals surface area contributed by atoms with Crippen LogP contribution in [0, 0.1) is 0 Å². The van der Waals surface area contributed by atoms with Gasteiger partial charge in [0, 0.05) is 11.2 Å². The van der Waals surface area contributed by atoms with E-state index in [9.17, 15) is 4.79 Å². The quantitative estimate of drug-likeness (QED) is 0.597. The summed E-state index contributed by atoms with van der Waals surface area (Å²) in [5, 5.41) is 1.17. The van der Waals surface area contributed by atoms with E-state index < -0.39 is 0 Å². The molecule has 0 fully saturated rings. The highest BCUT2D eigenvalue weighted by Gasteiger charge is 1.98. The first kappa shape index (κ1) is 9.71. The molecule has 0 amide bonds. The van der Waals surface area contributed by atoms with E-state index in [1.165, 1.54) is 5.39 Å². The Morgan fingerprint density at radius 3 is 2.87 bits per heavy atom. The molecular weight excluding hydrogens is 186 g/mol. The van der Waals surface area contributed by atoms with Crippen molar-refractivity contribution < 1.29 is 4.79 Å². The third-order valence-electron chi connectivity index (χ3n) is 2.45. The van der Waals surface area contributed by atoms with Gasteiger partial charge in [-0.3, -0.25) is 4.79 Å². The number of hydrogen-bond acceptors (Lipinski definition) is 1. The van der Waals surface area contributed by atoms with Crippen LogP contribution in [0.5, 0.6) is 0 Å². The molecule has 15 heavy (non-hydrogen) atoms. The number of aromatic amines is 1. The Kier molecular flexibility index (Phi) is 2.68. The average Bonchev–Trinajstić information content (AvgIpc) is 2.68. The maximum Gasteiger partial charge on any atom is 0.146 e. The van der Waals surface area contributed by atoms with Crippen LogP contribution in [0.3, 0.4) is 0 Å². The van der Waals surface area contributed by atoms with Crippen molar-refractivity contribution in [2.24, 2.45) is 0 Å². The Morgan fingerprint density at radius 1 is 1.40 bits per heavy atom. The molecular formula is C13H13NO. The monoisotopic (exact) mass is 199 g/mol. The fourth-order valence-corrected chi connectivity index (χ4v) is 1.59. The molecule has 1 heterocycles. The minimum atomic E-state index is 0.763. The van der Waals surface area contributed by atoms with Crippen LogP contribution < -0.4 is 0 Å². The number of allylic oxidation sites excluding steroid dienone is 1. The lowest BCUT2D eigenvalue weighted by Crippen LogP contribution is -1.81. The summed E-state index contributed by atoms with van der Waals surface area (Å²) in [5.74, 6) is 0. The van der Waals surface area contributed by atoms with Crippen molar-refractivity contribution >= 4 is 23.3 Å². The molecule has 0 aliphatic rings. The summed E-state index contributed by atoms with van der Waals surface area (Å²) < 4.78 is 0. The molecule has 1 N–H and O–H groups in total. The van der Waals surface area contributed by atoms with Gasteiger partial charge in [-0.15, -0.1) is 0 Å². The highest BCUT2D eigenvalue weighted by molar-refractivity contribution is 5.86. The van der Waals surface area contributed by atoms with Gasteiger partial charge in [0.15, 0.2) is 0 Å². The van der Waals surface area contributed by atoms with Crippen LogP contribution in [0.15, 0.2) is 35.9 Å². The third-order valence-corrected chi connectivity index (χ3v) is 2.45. The molecule has 0 radical (unpaired) electrons. The van der Waals surface area contributed by atoms with Crippen molar-refractivity contribution in [3.63, 3.8) is 0 Å². The van der Waals surface area contributed by atoms with Gasteiger partial charge in [-0.05, 0) is 35.6 Å². The molecule has 1 aromatic carbocycles. The van der Waals surface area contributed by atoms with E-state index in [0.29, 0.717) is 0 Å². The first-order valence-corrected chi connectivity index (χ1v) is 5.07. The lowest BCUT2D eigenvalue weighted by atomic mass is 10.2. The average molecular weight is 199 g/mol. The van der Waals surface area contributed by atoms with E-state index in [4.69, 9.17) is 0 Å². The summed E-state index contributed by atoms with van der Waals surface area (Å²) in [7, 11) is 0. The zero-order chi connectivity index (χ0) is 10.7. The number of benzene rings is 1. The summed E-state index contributed by atoms with van der Waals surface area (Å²) in [5.41, 5.74) is 2.90. The number of fused-ring (bicyclic) bond motifs is 1. The molecule has 1 aromatic heterocycles. The Hall–Kier alpha value is -1.83. The Balaban J connectivity index is 2.45. The molecule has 0 saturated carbocycles. The molecule has 2 aromatic rings. The molecule has 0 aliphatic heterocycles. The third kappa shape index (κ3) is 1.99. The molecule has 0 atom stereocenters. The molecule has 0 unspecified atom stereocenters. The molecule has 2 nitrogen and oxygen atoms in total. The van der Waals surface area contributed by atoms with Crippen molar-refractivity contribution in [1.82, 2.24) is 4.98 Å². The normalized spacial score (nSPS) is 11.9. The Labute approximate surface area is 88.6 Å². The second-order valence-electron chi connectivity index (χ2n) is 3.50. The molecule has 0 bridgehead atoms. The maximum absolute atomic E-state index is 10.7. The highest BCUT2D eigenvalue weighted by Crippen LogP contribution is 2.16. The number of aldehydes is 1. The number of hydrogen-bond donors (Lipinski definition) is 1. The number of carbonyl (C=O) groups is 1. The van der Waals surface area contributed by atoms with E-state index in [1.54, 1.807) is 0 Å². The molecule has 76 valence electrons. The standard InChI is InChI=1S/C13H13NO/c1-2-10(9-15)7-12-8-11-5-3-4-6-13(11)14-12/h3-9,14H,2H2,1H3. The number of rotatable bonds is 3. The molecule has 0 aliphatic carbocycles. The predicted molar refractivity (Wildman–Crippen MR) is 62.6 cm³/mol. The second kappa shape index (κ2) is 4.13. The smallest absolute Gasteiger partial charge is 0.146 e. The van der Waals surface area contributed by atoms with Crippen LogP contribution in [-0.4, -0.2) is 11.3 Å². The van der Waals surface area contributed by atoms with Crippen molar-refractivity contribution in [3.8, 4) is 0 Å². The second-order valence-corrected chi connectivity index (χ2v) is 3.50. The number of aromatic nitrogens is 1. The van der Waals surface area contributed by atoms with Gasteiger partial charge in [-0.2, -0.15) is 0 Å². The lowest BCUT2D eigenvalue weighted by molar-refractivity contribution is -0.104. The summed E-state index contributed by atoms with van der Waals surface area (Å²) >= 11 is 0. The fraction of sp³-hybridized carbons (Fsp3) is 0.154. The summed E-state index contributed by atoms with van der Waals surface area (Å²) in [6, 6.07) is 10.1. The zero-order valence-electron chi connectivity index (χ0n) is 8.66. The lowest BCUT2D eigenvalue weighted by Gasteiger charge is -1.91. The molecule has 0 spiro atoms. The topological polar surface area (TPSA) is 32.9 Å². The van der Waals surface area contributed by atoms with E-state index in [1.807, 2.05) is 31.2 Å². The van der Waals surface area contributed by atoms with Crippen molar-refractivity contribution in [3.05, 3.63) is 41.6 Å². The Morgan fingerprint density at radius 2 is 2.20 bits per heavy atom. The summed E-state index contributed by atoms with van der Waals surface area (Å²) in [6.45, 7) is 1.98. The number of para-hydroxylation sites is 1. The SMILES string of the molecule is CCC(C=O)=Cc1cc2ccccc2[nH]1. The number of H-pyrrole nitrogens is 1. The zero-order valence-corrected chi connectivity index (χ0v) is 8.66. The van der Waals surface area contributed by atoms with Crippen molar-refractivity contribution in [2.45, 2.75) is 13.3 Å². The molecule has 0 saturated heterocycles. The van der Waals surface area contributed by atoms with Crippen LogP contribution in [0.1, 0.15) is 19.0 Å². The van der Waals surface area contributed by atoms with Gasteiger partial charge in [0.2, 0.25) is 0 Å². The van der Waals surface area contributed by atoms with Gasteiger partial charge >= 0.3 is 0 Å². The summed E-state index contributed by atoms with van der Waals surface area (Å²) in [6.07, 6.45) is 3.57. The van der Waals surface area contributed by atoms with Gasteiger partial charge in [-0.1, -0.05) is 25.1 Å². The van der Waals surface area contributed by atoms with Crippen LogP contribution in [-0.2, 0) is 4.79 Å². The van der Waals surface area contributed by atoms with Crippen molar-refractivity contribution in [2.75, 3.05) is 0 Å². The van der Waals surface area contributed by atoms with E-state index in [0.717, 1.165) is 29.5 Å². The first-order valence-electron chi connectivity index (χ1n) is 5.07. The number of carbonyl (C=O) groups excluding carboxylic acids is 1. The fourth-order valence-electron chi connectivity index (χ4n) is 1.59. The van der Waals surface area contributed by atoms with Gasteiger partial charge < -0.3 is 4.98 Å².